The van der Waals surface area contributed by atoms with Crippen LogP contribution in [0.2, 0.25) is 5.02 Å². The molecule has 37 heavy (non-hydrogen) atoms. The van der Waals surface area contributed by atoms with Crippen molar-refractivity contribution in [1.82, 2.24) is 9.62 Å². The van der Waals surface area contributed by atoms with E-state index in [0.717, 1.165) is 5.56 Å². The number of hydrogen-bond donors (Lipinski definition) is 1. The van der Waals surface area contributed by atoms with Crippen molar-refractivity contribution >= 4 is 39.6 Å². The molecule has 192 valence electrons. The molecule has 0 radical (unpaired) electrons. The lowest BCUT2D eigenvalue weighted by Gasteiger charge is -2.26. The van der Waals surface area contributed by atoms with Gasteiger partial charge in [-0.3, -0.25) is 4.79 Å². The Morgan fingerprint density at radius 3 is 2.43 bits per heavy atom. The molecule has 4 rings (SSSR count). The largest absolute Gasteiger partial charge is 0.465 e. The summed E-state index contributed by atoms with van der Waals surface area (Å²) in [6, 6.07) is 18.1. The van der Waals surface area contributed by atoms with Gasteiger partial charge in [0.25, 0.3) is 5.91 Å². The number of furan rings is 1. The monoisotopic (exact) mass is 540 g/mol. The summed E-state index contributed by atoms with van der Waals surface area (Å²) in [5.41, 5.74) is 1.67. The summed E-state index contributed by atoms with van der Waals surface area (Å²) in [7, 11) is -2.53. The molecule has 1 aliphatic heterocycles. The average Bonchev–Trinajstić information content (AvgIpc) is 3.44. The van der Waals surface area contributed by atoms with Crippen LogP contribution in [-0.2, 0) is 30.9 Å². The number of methoxy groups -OCH3 is 1. The van der Waals surface area contributed by atoms with E-state index in [9.17, 15) is 18.0 Å². The highest BCUT2D eigenvalue weighted by atomic mass is 35.5. The molecule has 1 aliphatic rings. The average molecular weight is 541 g/mol. The van der Waals surface area contributed by atoms with Gasteiger partial charge in [-0.2, -0.15) is 0 Å². The van der Waals surface area contributed by atoms with E-state index in [2.05, 4.69) is 4.72 Å². The minimum atomic E-state index is -3.78. The molecular weight excluding hydrogens is 516 g/mol. The van der Waals surface area contributed by atoms with Gasteiger partial charge in [0.15, 0.2) is 0 Å². The van der Waals surface area contributed by atoms with Gasteiger partial charge in [0.1, 0.15) is 11.5 Å². The zero-order valence-electron chi connectivity index (χ0n) is 20.4. The highest BCUT2D eigenvalue weighted by Gasteiger charge is 2.39. The normalized spacial score (nSPS) is 15.9. The fraction of sp³-hybridized carbons (Fsp3) is 0.185. The summed E-state index contributed by atoms with van der Waals surface area (Å²) in [6.45, 7) is 3.47. The van der Waals surface area contributed by atoms with Gasteiger partial charge in [0.2, 0.25) is 10.0 Å². The Morgan fingerprint density at radius 2 is 1.78 bits per heavy atom. The number of carbonyl (C=O) groups excluding carboxylic acids is 2. The number of amides is 1. The van der Waals surface area contributed by atoms with Crippen molar-refractivity contribution in [1.29, 1.82) is 0 Å². The van der Waals surface area contributed by atoms with E-state index in [1.54, 1.807) is 24.0 Å². The van der Waals surface area contributed by atoms with Crippen LogP contribution < -0.4 is 4.72 Å². The Bertz CT molecular complexity index is 1490. The number of hydrogen-bond acceptors (Lipinski definition) is 6. The molecule has 0 bridgehead atoms. The summed E-state index contributed by atoms with van der Waals surface area (Å²) in [5.74, 6) is -0.393. The highest BCUT2D eigenvalue weighted by molar-refractivity contribution is 7.89. The maximum atomic E-state index is 13.5. The van der Waals surface area contributed by atoms with Crippen LogP contribution in [0, 0.1) is 0 Å². The molecule has 0 saturated heterocycles. The van der Waals surface area contributed by atoms with E-state index >= 15 is 0 Å². The summed E-state index contributed by atoms with van der Waals surface area (Å²) < 4.78 is 38.2. The van der Waals surface area contributed by atoms with Gasteiger partial charge in [-0.25, -0.2) is 17.9 Å². The standard InChI is InChI=1S/C27H25ClN2O6S/c1-17(19-7-5-4-6-8-19)30-18(2)25(27(32)35-3)24(26(30)31)15-21-11-12-22(36-21)16-29-37(33,34)23-13-9-20(28)10-14-23/h4-15,17,29H,16H2,1-3H3/b24-15+/t17-/m0/s1. The first-order chi connectivity index (χ1) is 17.6. The van der Waals surface area contributed by atoms with E-state index in [1.165, 1.54) is 37.5 Å². The zero-order chi connectivity index (χ0) is 26.7. The fourth-order valence-corrected chi connectivity index (χ4v) is 5.24. The van der Waals surface area contributed by atoms with Crippen LogP contribution in [-0.4, -0.2) is 32.3 Å². The molecule has 2 heterocycles. The number of carbonyl (C=O) groups is 2. The van der Waals surface area contributed by atoms with Gasteiger partial charge in [-0.1, -0.05) is 41.9 Å². The maximum absolute atomic E-state index is 13.5. The number of nitrogens with one attached hydrogen (secondary N) is 1. The van der Waals surface area contributed by atoms with Crippen LogP contribution in [0.25, 0.3) is 6.08 Å². The number of allylic oxidation sites excluding steroid dienone is 1. The Labute approximate surface area is 220 Å². The second-order valence-electron chi connectivity index (χ2n) is 8.35. The molecule has 8 nitrogen and oxygen atoms in total. The lowest BCUT2D eigenvalue weighted by Crippen LogP contribution is -2.28. The van der Waals surface area contributed by atoms with Gasteiger partial charge >= 0.3 is 5.97 Å². The van der Waals surface area contributed by atoms with E-state index < -0.39 is 16.0 Å². The van der Waals surface area contributed by atoms with E-state index in [-0.39, 0.29) is 40.3 Å². The molecule has 1 aromatic heterocycles. The van der Waals surface area contributed by atoms with Crippen molar-refractivity contribution in [2.75, 3.05) is 7.11 Å². The lowest BCUT2D eigenvalue weighted by molar-refractivity contribution is -0.136. The SMILES string of the molecule is COC(=O)C1=C(C)N([C@@H](C)c2ccccc2)C(=O)/C1=C/c1ccc(CNS(=O)(=O)c2ccc(Cl)cc2)o1. The molecule has 3 aromatic rings. The first-order valence-corrected chi connectivity index (χ1v) is 13.2. The van der Waals surface area contributed by atoms with Crippen molar-refractivity contribution in [2.24, 2.45) is 0 Å². The topological polar surface area (TPSA) is 106 Å². The third-order valence-electron chi connectivity index (χ3n) is 6.03. The Morgan fingerprint density at radius 1 is 1.11 bits per heavy atom. The Balaban J connectivity index is 1.58. The molecule has 1 N–H and O–H groups in total. The summed E-state index contributed by atoms with van der Waals surface area (Å²) in [5, 5.41) is 0.427. The van der Waals surface area contributed by atoms with Crippen molar-refractivity contribution in [3.63, 3.8) is 0 Å². The zero-order valence-corrected chi connectivity index (χ0v) is 22.0. The van der Waals surface area contributed by atoms with Gasteiger partial charge in [-0.05, 0) is 61.9 Å². The van der Waals surface area contributed by atoms with Crippen LogP contribution in [0.1, 0.15) is 37.0 Å². The molecule has 0 spiro atoms. The van der Waals surface area contributed by atoms with Gasteiger partial charge in [0.05, 0.1) is 35.7 Å². The van der Waals surface area contributed by atoms with E-state index in [4.69, 9.17) is 20.8 Å². The molecule has 0 unspecified atom stereocenters. The van der Waals surface area contributed by atoms with Gasteiger partial charge in [0, 0.05) is 10.7 Å². The predicted octanol–water partition coefficient (Wildman–Crippen LogP) is 4.85. The molecule has 0 fully saturated rings. The Kier molecular flexibility index (Phi) is 7.68. The van der Waals surface area contributed by atoms with Crippen molar-refractivity contribution in [3.05, 3.63) is 106 Å². The summed E-state index contributed by atoms with van der Waals surface area (Å²) in [4.78, 5) is 27.7. The van der Waals surface area contributed by atoms with Crippen LogP contribution in [0.5, 0.6) is 0 Å². The maximum Gasteiger partial charge on any atom is 0.340 e. The van der Waals surface area contributed by atoms with Crippen molar-refractivity contribution in [3.8, 4) is 0 Å². The summed E-state index contributed by atoms with van der Waals surface area (Å²) in [6.07, 6.45) is 1.47. The van der Waals surface area contributed by atoms with Crippen LogP contribution in [0.4, 0.5) is 0 Å². The van der Waals surface area contributed by atoms with Crippen molar-refractivity contribution < 1.29 is 27.2 Å². The fourth-order valence-electron chi connectivity index (χ4n) is 4.12. The number of rotatable bonds is 8. The lowest BCUT2D eigenvalue weighted by atomic mass is 10.1. The van der Waals surface area contributed by atoms with Crippen LogP contribution in [0.15, 0.2) is 92.9 Å². The molecule has 1 atom stereocenters. The molecule has 1 amide bonds. The molecular formula is C27H25ClN2O6S. The third-order valence-corrected chi connectivity index (χ3v) is 7.70. The summed E-state index contributed by atoms with van der Waals surface area (Å²) >= 11 is 5.83. The van der Waals surface area contributed by atoms with Crippen LogP contribution >= 0.6 is 11.6 Å². The number of ether oxygens (including phenoxy) is 1. The number of esters is 1. The third kappa shape index (κ3) is 5.53. The smallest absolute Gasteiger partial charge is 0.340 e. The Hall–Kier alpha value is -3.66. The van der Waals surface area contributed by atoms with Crippen molar-refractivity contribution in [2.45, 2.75) is 31.3 Å². The van der Waals surface area contributed by atoms with Crippen LogP contribution in [0.3, 0.4) is 0 Å². The molecule has 0 saturated carbocycles. The first kappa shape index (κ1) is 26.4. The molecule has 0 aliphatic carbocycles. The minimum absolute atomic E-state index is 0.0679. The number of halogens is 1. The highest BCUT2D eigenvalue weighted by Crippen LogP contribution is 2.37. The number of benzene rings is 2. The van der Waals surface area contributed by atoms with E-state index in [0.29, 0.717) is 16.5 Å². The van der Waals surface area contributed by atoms with Gasteiger partial charge < -0.3 is 14.1 Å². The minimum Gasteiger partial charge on any atom is -0.465 e. The van der Waals surface area contributed by atoms with Gasteiger partial charge in [-0.15, -0.1) is 0 Å². The first-order valence-electron chi connectivity index (χ1n) is 11.4. The predicted molar refractivity (Wildman–Crippen MR) is 139 cm³/mol. The number of nitrogens with zero attached hydrogens (tertiary/aromatic N) is 1. The quantitative estimate of drug-likeness (QED) is 0.323. The number of sulfonamides is 1. The van der Waals surface area contributed by atoms with E-state index in [1.807, 2.05) is 37.3 Å². The second-order valence-corrected chi connectivity index (χ2v) is 10.6. The second kappa shape index (κ2) is 10.8. The molecule has 2 aromatic carbocycles. The molecule has 10 heteroatoms.